The van der Waals surface area contributed by atoms with Gasteiger partial charge in [-0.05, 0) is 36.8 Å². The Labute approximate surface area is 163 Å². The summed E-state index contributed by atoms with van der Waals surface area (Å²) in [6, 6.07) is 24.5. The first-order valence-corrected chi connectivity index (χ1v) is 9.44. The van der Waals surface area contributed by atoms with E-state index < -0.39 is 6.67 Å². The van der Waals surface area contributed by atoms with Crippen molar-refractivity contribution in [3.63, 3.8) is 0 Å². The van der Waals surface area contributed by atoms with E-state index in [1.807, 2.05) is 61.5 Å². The quantitative estimate of drug-likeness (QED) is 0.376. The number of anilines is 1. The summed E-state index contributed by atoms with van der Waals surface area (Å²) in [6.45, 7) is 1.42. The van der Waals surface area contributed by atoms with Gasteiger partial charge in [-0.3, -0.25) is 4.79 Å². The first-order chi connectivity index (χ1) is 13.2. The van der Waals surface area contributed by atoms with Gasteiger partial charge >= 0.3 is 0 Å². The van der Waals surface area contributed by atoms with Crippen molar-refractivity contribution in [3.8, 4) is 0 Å². The van der Waals surface area contributed by atoms with Crippen LogP contribution in [0, 0.1) is 0 Å². The summed E-state index contributed by atoms with van der Waals surface area (Å²) < 4.78 is 12.7. The smallest absolute Gasteiger partial charge is 0.187 e. The highest BCUT2D eigenvalue weighted by Crippen LogP contribution is 2.34. The SMILES string of the molecule is C/C(=C/C(=O)c1ccccc1)Nc1ccccc1Sc1ccc(CF)cc1. The van der Waals surface area contributed by atoms with Crippen molar-refractivity contribution in [2.45, 2.75) is 23.4 Å². The summed E-state index contributed by atoms with van der Waals surface area (Å²) in [7, 11) is 0. The topological polar surface area (TPSA) is 29.1 Å². The maximum atomic E-state index is 12.7. The number of nitrogens with one attached hydrogen (secondary N) is 1. The third kappa shape index (κ3) is 5.31. The van der Waals surface area contributed by atoms with Crippen molar-refractivity contribution >= 4 is 23.2 Å². The molecule has 0 saturated carbocycles. The van der Waals surface area contributed by atoms with E-state index in [-0.39, 0.29) is 5.78 Å². The van der Waals surface area contributed by atoms with Crippen LogP contribution < -0.4 is 5.32 Å². The normalized spacial score (nSPS) is 11.3. The zero-order valence-corrected chi connectivity index (χ0v) is 15.8. The minimum absolute atomic E-state index is 0.0347. The molecule has 27 heavy (non-hydrogen) atoms. The summed E-state index contributed by atoms with van der Waals surface area (Å²) in [5, 5.41) is 3.31. The molecule has 0 bridgehead atoms. The van der Waals surface area contributed by atoms with E-state index in [2.05, 4.69) is 5.32 Å². The van der Waals surface area contributed by atoms with Crippen molar-refractivity contribution in [2.75, 3.05) is 5.32 Å². The van der Waals surface area contributed by atoms with E-state index in [0.29, 0.717) is 11.1 Å². The molecule has 0 radical (unpaired) electrons. The number of para-hydroxylation sites is 1. The summed E-state index contributed by atoms with van der Waals surface area (Å²) in [5.74, 6) is -0.0347. The van der Waals surface area contributed by atoms with Gasteiger partial charge in [0.15, 0.2) is 5.78 Å². The minimum atomic E-state index is -0.456. The molecule has 0 amide bonds. The molecule has 0 atom stereocenters. The van der Waals surface area contributed by atoms with Gasteiger partial charge in [-0.1, -0.05) is 66.4 Å². The van der Waals surface area contributed by atoms with Gasteiger partial charge in [-0.2, -0.15) is 0 Å². The first-order valence-electron chi connectivity index (χ1n) is 8.62. The van der Waals surface area contributed by atoms with Gasteiger partial charge in [0.05, 0.1) is 5.69 Å². The van der Waals surface area contributed by atoms with Crippen LogP contribution >= 0.6 is 11.8 Å². The number of halogens is 1. The Morgan fingerprint density at radius 2 is 1.63 bits per heavy atom. The molecule has 0 saturated heterocycles. The van der Waals surface area contributed by atoms with E-state index in [9.17, 15) is 9.18 Å². The lowest BCUT2D eigenvalue weighted by Crippen LogP contribution is -2.02. The number of carbonyl (C=O) groups excluding carboxylic acids is 1. The summed E-state index contributed by atoms with van der Waals surface area (Å²) in [6.07, 6.45) is 1.60. The molecule has 0 aliphatic carbocycles. The van der Waals surface area contributed by atoms with Crippen LogP contribution in [0.4, 0.5) is 10.1 Å². The van der Waals surface area contributed by atoms with Crippen molar-refractivity contribution in [1.29, 1.82) is 0 Å². The number of allylic oxidation sites excluding steroid dienone is 2. The van der Waals surface area contributed by atoms with Crippen molar-refractivity contribution in [3.05, 3.63) is 102 Å². The maximum absolute atomic E-state index is 12.7. The van der Waals surface area contributed by atoms with Gasteiger partial charge in [-0.25, -0.2) is 4.39 Å². The Hall–Kier alpha value is -2.85. The largest absolute Gasteiger partial charge is 0.358 e. The van der Waals surface area contributed by atoms with Crippen LogP contribution in [0.1, 0.15) is 22.8 Å². The van der Waals surface area contributed by atoms with Crippen LogP contribution in [0.25, 0.3) is 0 Å². The van der Waals surface area contributed by atoms with Crippen LogP contribution in [0.2, 0.25) is 0 Å². The van der Waals surface area contributed by atoms with E-state index >= 15 is 0 Å². The van der Waals surface area contributed by atoms with Gasteiger partial charge < -0.3 is 5.32 Å². The third-order valence-corrected chi connectivity index (χ3v) is 5.01. The molecule has 0 heterocycles. The number of ketones is 1. The predicted octanol–water partition coefficient (Wildman–Crippen LogP) is 6.51. The highest BCUT2D eigenvalue weighted by Gasteiger charge is 2.07. The molecule has 0 aliphatic rings. The zero-order valence-electron chi connectivity index (χ0n) is 15.0. The van der Waals surface area contributed by atoms with Crippen molar-refractivity contribution in [2.24, 2.45) is 0 Å². The number of rotatable bonds is 7. The van der Waals surface area contributed by atoms with Gasteiger partial charge in [0.25, 0.3) is 0 Å². The maximum Gasteiger partial charge on any atom is 0.187 e. The number of hydrogen-bond donors (Lipinski definition) is 1. The fraction of sp³-hybridized carbons (Fsp3) is 0.0870. The monoisotopic (exact) mass is 377 g/mol. The lowest BCUT2D eigenvalue weighted by atomic mass is 10.1. The fourth-order valence-corrected chi connectivity index (χ4v) is 3.47. The molecular formula is C23H20FNOS. The summed E-state index contributed by atoms with van der Waals surface area (Å²) in [5.41, 5.74) is 3.02. The second kappa shape index (κ2) is 9.19. The average Bonchev–Trinajstić information content (AvgIpc) is 2.70. The average molecular weight is 377 g/mol. The minimum Gasteiger partial charge on any atom is -0.358 e. The Morgan fingerprint density at radius 1 is 0.963 bits per heavy atom. The molecule has 0 aliphatic heterocycles. The Kier molecular flexibility index (Phi) is 6.44. The first kappa shape index (κ1) is 18.9. The lowest BCUT2D eigenvalue weighted by Gasteiger charge is -2.12. The highest BCUT2D eigenvalue weighted by atomic mass is 32.2. The molecule has 0 fully saturated rings. The fourth-order valence-electron chi connectivity index (χ4n) is 2.56. The lowest BCUT2D eigenvalue weighted by molar-refractivity contribution is 0.104. The van der Waals surface area contributed by atoms with E-state index in [4.69, 9.17) is 0 Å². The van der Waals surface area contributed by atoms with E-state index in [1.165, 1.54) is 0 Å². The zero-order chi connectivity index (χ0) is 19.1. The van der Waals surface area contributed by atoms with Crippen LogP contribution in [-0.4, -0.2) is 5.78 Å². The van der Waals surface area contributed by atoms with Crippen LogP contribution in [0.5, 0.6) is 0 Å². The van der Waals surface area contributed by atoms with Crippen LogP contribution in [-0.2, 0) is 6.67 Å². The number of carbonyl (C=O) groups is 1. The highest BCUT2D eigenvalue weighted by molar-refractivity contribution is 7.99. The molecule has 0 spiro atoms. The van der Waals surface area contributed by atoms with Crippen LogP contribution in [0.15, 0.2) is 100 Å². The Bertz CT molecular complexity index is 936. The molecule has 136 valence electrons. The summed E-state index contributed by atoms with van der Waals surface area (Å²) in [4.78, 5) is 14.4. The van der Waals surface area contributed by atoms with E-state index in [1.54, 1.807) is 42.1 Å². The van der Waals surface area contributed by atoms with Gasteiger partial charge in [0, 0.05) is 27.1 Å². The number of alkyl halides is 1. The molecule has 3 aromatic carbocycles. The number of hydrogen-bond acceptors (Lipinski definition) is 3. The molecular weight excluding hydrogens is 357 g/mol. The third-order valence-electron chi connectivity index (χ3n) is 3.93. The van der Waals surface area contributed by atoms with Crippen molar-refractivity contribution < 1.29 is 9.18 Å². The van der Waals surface area contributed by atoms with E-state index in [0.717, 1.165) is 21.2 Å². The molecule has 3 rings (SSSR count). The molecule has 4 heteroatoms. The second-order valence-corrected chi connectivity index (χ2v) is 7.17. The Morgan fingerprint density at radius 3 is 2.33 bits per heavy atom. The second-order valence-electron chi connectivity index (χ2n) is 6.06. The molecule has 3 aromatic rings. The van der Waals surface area contributed by atoms with Gasteiger partial charge in [0.2, 0.25) is 0 Å². The predicted molar refractivity (Wildman–Crippen MR) is 110 cm³/mol. The summed E-state index contributed by atoms with van der Waals surface area (Å²) >= 11 is 1.59. The molecule has 2 nitrogen and oxygen atoms in total. The molecule has 0 unspecified atom stereocenters. The van der Waals surface area contributed by atoms with Gasteiger partial charge in [0.1, 0.15) is 6.67 Å². The molecule has 0 aromatic heterocycles. The number of benzene rings is 3. The van der Waals surface area contributed by atoms with Crippen molar-refractivity contribution in [1.82, 2.24) is 0 Å². The van der Waals surface area contributed by atoms with Crippen LogP contribution in [0.3, 0.4) is 0 Å². The molecule has 1 N–H and O–H groups in total. The standard InChI is InChI=1S/C23H20FNOS/c1-17(15-22(26)19-7-3-2-4-8-19)25-21-9-5-6-10-23(21)27-20-13-11-18(16-24)12-14-20/h2-15,25H,16H2,1H3/b17-15-. The van der Waals surface area contributed by atoms with Gasteiger partial charge in [-0.15, -0.1) is 0 Å². The Balaban J connectivity index is 1.75.